The van der Waals surface area contributed by atoms with Crippen molar-refractivity contribution in [3.63, 3.8) is 0 Å². The van der Waals surface area contributed by atoms with Gasteiger partial charge in [0.1, 0.15) is 5.82 Å². The zero-order valence-electron chi connectivity index (χ0n) is 23.4. The fourth-order valence-corrected chi connectivity index (χ4v) is 6.81. The summed E-state index contributed by atoms with van der Waals surface area (Å²) in [7, 11) is 0. The molecule has 0 unspecified atom stereocenters. The zero-order valence-corrected chi connectivity index (χ0v) is 23.4. The van der Waals surface area contributed by atoms with Crippen LogP contribution < -0.4 is 0 Å². The number of imidazole rings is 1. The lowest BCUT2D eigenvalue weighted by atomic mass is 9.78. The van der Waals surface area contributed by atoms with E-state index < -0.39 is 0 Å². The number of Topliss-reactive ketones (excluding diaryl/α,β-unsaturated/α-hetero) is 1. The highest BCUT2D eigenvalue weighted by Crippen LogP contribution is 2.35. The lowest BCUT2D eigenvalue weighted by molar-refractivity contribution is 0.0941. The van der Waals surface area contributed by atoms with Crippen molar-refractivity contribution in [3.05, 3.63) is 83.8 Å². The fraction of sp³-hybridized carbons (Fsp3) is 0.441. The first-order valence-corrected chi connectivity index (χ1v) is 14.8. The highest BCUT2D eigenvalue weighted by Gasteiger charge is 2.28. The summed E-state index contributed by atoms with van der Waals surface area (Å²) in [6.45, 7) is 7.75. The number of fused-ring (bicyclic) bond motifs is 2. The Morgan fingerprint density at radius 3 is 2.54 bits per heavy atom. The summed E-state index contributed by atoms with van der Waals surface area (Å²) in [5.74, 6) is 2.67. The monoisotopic (exact) mass is 520 g/mol. The van der Waals surface area contributed by atoms with E-state index in [0.717, 1.165) is 54.3 Å². The predicted molar refractivity (Wildman–Crippen MR) is 158 cm³/mol. The number of hydrogen-bond donors (Lipinski definition) is 0. The van der Waals surface area contributed by atoms with E-state index in [-0.39, 0.29) is 5.78 Å². The minimum atomic E-state index is 0.275. The molecule has 5 heteroatoms. The van der Waals surface area contributed by atoms with Crippen molar-refractivity contribution in [3.8, 4) is 11.4 Å². The topological polar surface area (TPSA) is 51.0 Å². The van der Waals surface area contributed by atoms with Crippen LogP contribution in [-0.4, -0.2) is 38.3 Å². The quantitative estimate of drug-likeness (QED) is 0.226. The summed E-state index contributed by atoms with van der Waals surface area (Å²) in [4.78, 5) is 25.3. The molecule has 0 N–H and O–H groups in total. The Kier molecular flexibility index (Phi) is 7.60. The van der Waals surface area contributed by atoms with Gasteiger partial charge in [-0.2, -0.15) is 0 Å². The second-order valence-corrected chi connectivity index (χ2v) is 11.9. The average molecular weight is 521 g/mol. The minimum absolute atomic E-state index is 0.275. The van der Waals surface area contributed by atoms with Crippen LogP contribution in [-0.2, 0) is 13.0 Å². The molecule has 0 spiro atoms. The minimum Gasteiger partial charge on any atom is -0.325 e. The van der Waals surface area contributed by atoms with Gasteiger partial charge in [-0.25, -0.2) is 4.98 Å². The highest BCUT2D eigenvalue weighted by atomic mass is 16.1. The first kappa shape index (κ1) is 25.9. The van der Waals surface area contributed by atoms with Crippen molar-refractivity contribution >= 4 is 16.7 Å². The molecule has 39 heavy (non-hydrogen) atoms. The molecule has 0 amide bonds. The molecule has 4 aromatic rings. The second kappa shape index (κ2) is 11.4. The van der Waals surface area contributed by atoms with Crippen LogP contribution in [0.1, 0.15) is 80.2 Å². The zero-order chi connectivity index (χ0) is 26.8. The number of aromatic nitrogens is 3. The SMILES string of the molecule is CC(C)n1c(-c2ccccc2)nc2c1CCN(CCC1CCC(CC(=O)c3cccc4ncccc34)CC1)C2. The van der Waals surface area contributed by atoms with Gasteiger partial charge in [-0.1, -0.05) is 61.4 Å². The standard InChI is InChI=1S/C34H40N4O/c1-24(2)38-32-18-21-37(23-31(32)36-34(38)27-8-4-3-5-9-27)20-17-25-13-15-26(16-14-25)22-33(39)29-10-6-12-30-28(29)11-7-19-35-30/h3-12,19,24-26H,13-18,20-23H2,1-2H3. The Morgan fingerprint density at radius 1 is 0.949 bits per heavy atom. The summed E-state index contributed by atoms with van der Waals surface area (Å²) in [5.41, 5.74) is 5.64. The van der Waals surface area contributed by atoms with Crippen LogP contribution in [0, 0.1) is 11.8 Å². The molecule has 1 aliphatic carbocycles. The molecule has 0 atom stereocenters. The number of carbonyl (C=O) groups is 1. The molecule has 2 aliphatic rings. The summed E-state index contributed by atoms with van der Waals surface area (Å²) in [6.07, 6.45) is 9.61. The number of pyridine rings is 1. The average Bonchev–Trinajstić information content (AvgIpc) is 3.36. The van der Waals surface area contributed by atoms with Crippen LogP contribution in [0.15, 0.2) is 66.9 Å². The third kappa shape index (κ3) is 5.56. The van der Waals surface area contributed by atoms with Gasteiger partial charge in [0.05, 0.1) is 11.2 Å². The predicted octanol–water partition coefficient (Wildman–Crippen LogP) is 7.51. The van der Waals surface area contributed by atoms with Crippen LogP contribution in [0.25, 0.3) is 22.3 Å². The van der Waals surface area contributed by atoms with Gasteiger partial charge in [-0.15, -0.1) is 0 Å². The molecule has 0 bridgehead atoms. The van der Waals surface area contributed by atoms with Crippen molar-refractivity contribution in [1.82, 2.24) is 19.4 Å². The number of ketones is 1. The second-order valence-electron chi connectivity index (χ2n) is 11.9. The van der Waals surface area contributed by atoms with Crippen molar-refractivity contribution < 1.29 is 4.79 Å². The number of nitrogens with zero attached hydrogens (tertiary/aromatic N) is 4. The number of benzene rings is 2. The molecular weight excluding hydrogens is 480 g/mol. The van der Waals surface area contributed by atoms with Crippen LogP contribution in [0.2, 0.25) is 0 Å². The Balaban J connectivity index is 1.02. The van der Waals surface area contributed by atoms with Gasteiger partial charge in [-0.3, -0.25) is 14.7 Å². The summed E-state index contributed by atoms with van der Waals surface area (Å²) < 4.78 is 2.46. The van der Waals surface area contributed by atoms with E-state index in [1.165, 1.54) is 49.1 Å². The molecular formula is C34H40N4O. The highest BCUT2D eigenvalue weighted by molar-refractivity contribution is 6.07. The summed E-state index contributed by atoms with van der Waals surface area (Å²) in [5, 5.41) is 0.984. The van der Waals surface area contributed by atoms with E-state index in [9.17, 15) is 4.79 Å². The van der Waals surface area contributed by atoms with Crippen LogP contribution >= 0.6 is 0 Å². The first-order valence-electron chi connectivity index (χ1n) is 14.8. The summed E-state index contributed by atoms with van der Waals surface area (Å²) in [6, 6.07) is 20.9. The normalized spacial score (nSPS) is 19.9. The molecule has 0 radical (unpaired) electrons. The third-order valence-electron chi connectivity index (χ3n) is 8.92. The van der Waals surface area contributed by atoms with E-state index in [2.05, 4.69) is 58.6 Å². The largest absolute Gasteiger partial charge is 0.325 e. The van der Waals surface area contributed by atoms with Crippen LogP contribution in [0.4, 0.5) is 0 Å². The van der Waals surface area contributed by atoms with E-state index >= 15 is 0 Å². The summed E-state index contributed by atoms with van der Waals surface area (Å²) >= 11 is 0. The number of hydrogen-bond acceptors (Lipinski definition) is 4. The van der Waals surface area contributed by atoms with Gasteiger partial charge < -0.3 is 4.57 Å². The van der Waals surface area contributed by atoms with Crippen LogP contribution in [0.5, 0.6) is 0 Å². The molecule has 2 aromatic carbocycles. The van der Waals surface area contributed by atoms with E-state index in [0.29, 0.717) is 18.4 Å². The van der Waals surface area contributed by atoms with E-state index in [4.69, 9.17) is 4.98 Å². The Labute approximate surface area is 232 Å². The van der Waals surface area contributed by atoms with E-state index in [1.54, 1.807) is 6.20 Å². The molecule has 6 rings (SSSR count). The molecule has 5 nitrogen and oxygen atoms in total. The maximum absolute atomic E-state index is 13.2. The lowest BCUT2D eigenvalue weighted by Crippen LogP contribution is -2.33. The van der Waals surface area contributed by atoms with Gasteiger partial charge in [0.2, 0.25) is 0 Å². The number of carbonyl (C=O) groups excluding carboxylic acids is 1. The maximum Gasteiger partial charge on any atom is 0.163 e. The van der Waals surface area contributed by atoms with Crippen molar-refractivity contribution in [2.75, 3.05) is 13.1 Å². The van der Waals surface area contributed by atoms with Crippen molar-refractivity contribution in [1.29, 1.82) is 0 Å². The first-order chi connectivity index (χ1) is 19.1. The van der Waals surface area contributed by atoms with Crippen molar-refractivity contribution in [2.45, 2.75) is 71.4 Å². The Morgan fingerprint density at radius 2 is 1.74 bits per heavy atom. The fourth-order valence-electron chi connectivity index (χ4n) is 6.81. The van der Waals surface area contributed by atoms with Gasteiger partial charge >= 0.3 is 0 Å². The lowest BCUT2D eigenvalue weighted by Gasteiger charge is -2.32. The van der Waals surface area contributed by atoms with Gasteiger partial charge in [-0.05, 0) is 63.6 Å². The third-order valence-corrected chi connectivity index (χ3v) is 8.92. The molecule has 202 valence electrons. The molecule has 1 aliphatic heterocycles. The smallest absolute Gasteiger partial charge is 0.163 e. The van der Waals surface area contributed by atoms with Gasteiger partial charge in [0, 0.05) is 60.4 Å². The van der Waals surface area contributed by atoms with Crippen molar-refractivity contribution in [2.24, 2.45) is 11.8 Å². The molecule has 3 heterocycles. The molecule has 1 fully saturated rings. The maximum atomic E-state index is 13.2. The molecule has 0 saturated heterocycles. The van der Waals surface area contributed by atoms with E-state index in [1.807, 2.05) is 30.3 Å². The molecule has 2 aromatic heterocycles. The Hall–Kier alpha value is -3.31. The Bertz CT molecular complexity index is 1430. The van der Waals surface area contributed by atoms with Gasteiger partial charge in [0.25, 0.3) is 0 Å². The number of rotatable bonds is 8. The van der Waals surface area contributed by atoms with Gasteiger partial charge in [0.15, 0.2) is 5.78 Å². The van der Waals surface area contributed by atoms with Crippen LogP contribution in [0.3, 0.4) is 0 Å². The molecule has 1 saturated carbocycles.